The van der Waals surface area contributed by atoms with Gasteiger partial charge in [-0.25, -0.2) is 0 Å². The molecule has 0 aromatic carbocycles. The van der Waals surface area contributed by atoms with Crippen LogP contribution in [0, 0.1) is 0 Å². The van der Waals surface area contributed by atoms with Crippen molar-refractivity contribution in [3.8, 4) is 0 Å². The highest BCUT2D eigenvalue weighted by molar-refractivity contribution is 5.10. The van der Waals surface area contributed by atoms with Gasteiger partial charge in [0.2, 0.25) is 0 Å². The minimum absolute atomic E-state index is 0.307. The lowest BCUT2D eigenvalue weighted by Crippen LogP contribution is -2.47. The molecular weight excluding hydrogens is 250 g/mol. The molecule has 1 aromatic heterocycles. The van der Waals surface area contributed by atoms with Crippen LogP contribution in [0.5, 0.6) is 0 Å². The summed E-state index contributed by atoms with van der Waals surface area (Å²) >= 11 is 0. The highest BCUT2D eigenvalue weighted by Crippen LogP contribution is 2.22. The van der Waals surface area contributed by atoms with Crippen molar-refractivity contribution in [2.24, 2.45) is 7.05 Å². The summed E-state index contributed by atoms with van der Waals surface area (Å²) in [5, 5.41) is 8.34. The summed E-state index contributed by atoms with van der Waals surface area (Å²) in [6, 6.07) is 2.93. The van der Waals surface area contributed by atoms with E-state index >= 15 is 0 Å². The number of likely N-dealkylation sites (N-methyl/N-ethyl adjacent to an activating group) is 2. The molecule has 1 aliphatic heterocycles. The molecule has 1 aromatic rings. The van der Waals surface area contributed by atoms with E-state index in [2.05, 4.69) is 47.3 Å². The zero-order chi connectivity index (χ0) is 14.5. The second-order valence-corrected chi connectivity index (χ2v) is 6.01. The first-order chi connectivity index (χ1) is 9.61. The fourth-order valence-electron chi connectivity index (χ4n) is 3.00. The van der Waals surface area contributed by atoms with Crippen molar-refractivity contribution in [2.75, 3.05) is 40.3 Å². The number of hydrogen-bond acceptors (Lipinski definition) is 4. The molecule has 2 unspecified atom stereocenters. The van der Waals surface area contributed by atoms with Gasteiger partial charge in [0.1, 0.15) is 0 Å². The highest BCUT2D eigenvalue weighted by Gasteiger charge is 2.30. The lowest BCUT2D eigenvalue weighted by Gasteiger charge is -2.34. The molecule has 0 amide bonds. The third kappa shape index (κ3) is 3.81. The van der Waals surface area contributed by atoms with E-state index < -0.39 is 0 Å². The van der Waals surface area contributed by atoms with Gasteiger partial charge < -0.3 is 15.1 Å². The fraction of sp³-hybridized carbons (Fsp3) is 0.800. The summed E-state index contributed by atoms with van der Waals surface area (Å²) in [7, 11) is 6.46. The minimum Gasteiger partial charge on any atom is -0.307 e. The predicted molar refractivity (Wildman–Crippen MR) is 82.8 cm³/mol. The molecule has 1 aliphatic rings. The molecule has 0 saturated carbocycles. The van der Waals surface area contributed by atoms with Crippen molar-refractivity contribution < 1.29 is 0 Å². The first kappa shape index (κ1) is 15.5. The maximum atomic E-state index is 4.64. The molecule has 114 valence electrons. The van der Waals surface area contributed by atoms with E-state index in [1.165, 1.54) is 13.0 Å². The Hall–Kier alpha value is -0.910. The Bertz CT molecular complexity index is 403. The molecule has 1 saturated heterocycles. The molecular formula is C15H29N5. The van der Waals surface area contributed by atoms with Crippen LogP contribution in [0.3, 0.4) is 0 Å². The second kappa shape index (κ2) is 7.20. The Morgan fingerprint density at radius 2 is 2.15 bits per heavy atom. The molecule has 1 N–H and O–H groups in total. The lowest BCUT2D eigenvalue weighted by atomic mass is 10.0. The number of nitrogens with zero attached hydrogens (tertiary/aromatic N) is 4. The van der Waals surface area contributed by atoms with E-state index in [1.807, 2.05) is 17.9 Å². The van der Waals surface area contributed by atoms with Gasteiger partial charge in [0, 0.05) is 25.8 Å². The third-order valence-electron chi connectivity index (χ3n) is 4.17. The van der Waals surface area contributed by atoms with Crippen molar-refractivity contribution in [1.29, 1.82) is 0 Å². The van der Waals surface area contributed by atoms with Crippen LogP contribution < -0.4 is 5.32 Å². The number of rotatable bonds is 5. The van der Waals surface area contributed by atoms with Gasteiger partial charge in [-0.1, -0.05) is 6.92 Å². The van der Waals surface area contributed by atoms with Crippen molar-refractivity contribution in [3.63, 3.8) is 0 Å². The predicted octanol–water partition coefficient (Wildman–Crippen LogP) is 1.10. The zero-order valence-corrected chi connectivity index (χ0v) is 13.3. The number of nitrogens with one attached hydrogen (secondary N) is 1. The topological polar surface area (TPSA) is 36.3 Å². The standard InChI is InChI=1S/C15H29N5/c1-5-8-16-15(13-7-11-20(4)17-13)14-12-18(2)9-6-10-19(14)3/h7,11,14-16H,5-6,8-10,12H2,1-4H3. The van der Waals surface area contributed by atoms with Crippen molar-refractivity contribution in [1.82, 2.24) is 24.9 Å². The molecule has 5 nitrogen and oxygen atoms in total. The van der Waals surface area contributed by atoms with Crippen LogP contribution in [0.25, 0.3) is 0 Å². The van der Waals surface area contributed by atoms with E-state index in [-0.39, 0.29) is 0 Å². The first-order valence-corrected chi connectivity index (χ1v) is 7.73. The summed E-state index contributed by atoms with van der Waals surface area (Å²) in [6.45, 7) is 6.69. The van der Waals surface area contributed by atoms with Crippen LogP contribution in [0.2, 0.25) is 0 Å². The average Bonchev–Trinajstić information content (AvgIpc) is 2.76. The SMILES string of the molecule is CCCNC(c1ccn(C)n1)C1CN(C)CCCN1C. The Labute approximate surface area is 122 Å². The van der Waals surface area contributed by atoms with E-state index in [0.29, 0.717) is 12.1 Å². The van der Waals surface area contributed by atoms with E-state index in [9.17, 15) is 0 Å². The molecule has 1 fully saturated rings. The quantitative estimate of drug-likeness (QED) is 0.875. The maximum absolute atomic E-state index is 4.64. The minimum atomic E-state index is 0.307. The van der Waals surface area contributed by atoms with Crippen LogP contribution in [0.4, 0.5) is 0 Å². The summed E-state index contributed by atoms with van der Waals surface area (Å²) in [6.07, 6.45) is 4.43. The van der Waals surface area contributed by atoms with E-state index in [1.54, 1.807) is 0 Å². The van der Waals surface area contributed by atoms with Gasteiger partial charge in [-0.3, -0.25) is 4.68 Å². The van der Waals surface area contributed by atoms with Gasteiger partial charge in [0.15, 0.2) is 0 Å². The second-order valence-electron chi connectivity index (χ2n) is 6.01. The van der Waals surface area contributed by atoms with Crippen molar-refractivity contribution in [2.45, 2.75) is 31.8 Å². The molecule has 20 heavy (non-hydrogen) atoms. The molecule has 0 spiro atoms. The van der Waals surface area contributed by atoms with Crippen LogP contribution in [-0.2, 0) is 7.05 Å². The fourth-order valence-corrected chi connectivity index (χ4v) is 3.00. The number of hydrogen-bond donors (Lipinski definition) is 1. The van der Waals surface area contributed by atoms with Crippen LogP contribution in [0.15, 0.2) is 12.3 Å². The summed E-state index contributed by atoms with van der Waals surface area (Å²) in [5.41, 5.74) is 1.16. The van der Waals surface area contributed by atoms with Gasteiger partial charge in [-0.05, 0) is 52.6 Å². The van der Waals surface area contributed by atoms with Gasteiger partial charge in [0.25, 0.3) is 0 Å². The highest BCUT2D eigenvalue weighted by atomic mass is 15.3. The monoisotopic (exact) mass is 279 g/mol. The molecule has 5 heteroatoms. The third-order valence-corrected chi connectivity index (χ3v) is 4.17. The Balaban J connectivity index is 2.19. The lowest BCUT2D eigenvalue weighted by molar-refractivity contribution is 0.176. The summed E-state index contributed by atoms with van der Waals surface area (Å²) in [4.78, 5) is 4.93. The maximum Gasteiger partial charge on any atom is 0.0810 e. The average molecular weight is 279 g/mol. The number of aromatic nitrogens is 2. The van der Waals surface area contributed by atoms with Crippen LogP contribution in [-0.4, -0.2) is 65.9 Å². The van der Waals surface area contributed by atoms with Gasteiger partial charge >= 0.3 is 0 Å². The van der Waals surface area contributed by atoms with E-state index in [4.69, 9.17) is 0 Å². The zero-order valence-electron chi connectivity index (χ0n) is 13.3. The van der Waals surface area contributed by atoms with Crippen LogP contribution in [0.1, 0.15) is 31.5 Å². The summed E-state index contributed by atoms with van der Waals surface area (Å²) < 4.78 is 1.90. The molecule has 2 rings (SSSR count). The molecule has 2 heterocycles. The first-order valence-electron chi connectivity index (χ1n) is 7.73. The molecule has 0 bridgehead atoms. The van der Waals surface area contributed by atoms with Crippen molar-refractivity contribution in [3.05, 3.63) is 18.0 Å². The van der Waals surface area contributed by atoms with Gasteiger partial charge in [-0.15, -0.1) is 0 Å². The molecule has 2 atom stereocenters. The Morgan fingerprint density at radius 1 is 1.35 bits per heavy atom. The van der Waals surface area contributed by atoms with Crippen LogP contribution >= 0.6 is 0 Å². The molecule has 0 radical (unpaired) electrons. The van der Waals surface area contributed by atoms with Gasteiger partial charge in [-0.2, -0.15) is 5.10 Å². The Morgan fingerprint density at radius 3 is 2.80 bits per heavy atom. The summed E-state index contributed by atoms with van der Waals surface area (Å²) in [5.74, 6) is 0. The smallest absolute Gasteiger partial charge is 0.0810 e. The number of aryl methyl sites for hydroxylation is 1. The largest absolute Gasteiger partial charge is 0.307 e. The Kier molecular flexibility index (Phi) is 5.57. The van der Waals surface area contributed by atoms with Crippen molar-refractivity contribution >= 4 is 0 Å². The van der Waals surface area contributed by atoms with Gasteiger partial charge in [0.05, 0.1) is 11.7 Å². The molecule has 0 aliphatic carbocycles. The normalized spacial score (nSPS) is 23.7. The van der Waals surface area contributed by atoms with E-state index in [0.717, 1.165) is 31.7 Å².